The summed E-state index contributed by atoms with van der Waals surface area (Å²) in [5.41, 5.74) is 1.43. The maximum Gasteiger partial charge on any atom is 0.258 e. The maximum atomic E-state index is 12.0. The third kappa shape index (κ3) is 3.66. The van der Waals surface area contributed by atoms with Gasteiger partial charge in [-0.1, -0.05) is 5.16 Å². The van der Waals surface area contributed by atoms with Crippen molar-refractivity contribution in [2.45, 2.75) is 32.2 Å². The van der Waals surface area contributed by atoms with Gasteiger partial charge in [0.1, 0.15) is 11.5 Å². The fourth-order valence-corrected chi connectivity index (χ4v) is 2.98. The normalized spacial score (nSPS) is 14.1. The van der Waals surface area contributed by atoms with E-state index in [2.05, 4.69) is 25.7 Å². The first-order valence-corrected chi connectivity index (χ1v) is 9.36. The van der Waals surface area contributed by atoms with Gasteiger partial charge in [0.15, 0.2) is 17.3 Å². The number of aromatic nitrogens is 5. The zero-order chi connectivity index (χ0) is 19.8. The molecule has 1 N–H and O–H groups in total. The Labute approximate surface area is 165 Å². The second-order valence-electron chi connectivity index (χ2n) is 6.99. The second kappa shape index (κ2) is 7.01. The number of pyridine rings is 1. The van der Waals surface area contributed by atoms with Crippen molar-refractivity contribution in [3.05, 3.63) is 59.7 Å². The molecule has 0 saturated heterocycles. The lowest BCUT2D eigenvalue weighted by Gasteiger charge is -2.02. The summed E-state index contributed by atoms with van der Waals surface area (Å²) in [6.07, 6.45) is 7.11. The molecule has 4 aromatic heterocycles. The third-order valence-electron chi connectivity index (χ3n) is 4.69. The molecule has 1 amide bonds. The molecule has 146 valence electrons. The van der Waals surface area contributed by atoms with Crippen molar-refractivity contribution in [1.82, 2.24) is 30.1 Å². The van der Waals surface area contributed by atoms with Gasteiger partial charge in [-0.2, -0.15) is 4.98 Å². The van der Waals surface area contributed by atoms with E-state index in [1.165, 1.54) is 6.08 Å². The lowest BCUT2D eigenvalue weighted by atomic mass is 10.2. The Morgan fingerprint density at radius 3 is 3.00 bits per heavy atom. The summed E-state index contributed by atoms with van der Waals surface area (Å²) >= 11 is 0. The SMILES string of the molecule is Cc1ccc(/C=C/C(=O)NCc2nnc3cc(-c4nc(C5CC5)no4)ccn23)o1. The van der Waals surface area contributed by atoms with Crippen molar-refractivity contribution in [2.75, 3.05) is 0 Å². The number of furan rings is 1. The Morgan fingerprint density at radius 1 is 1.31 bits per heavy atom. The monoisotopic (exact) mass is 390 g/mol. The first kappa shape index (κ1) is 17.4. The largest absolute Gasteiger partial charge is 0.462 e. The Kier molecular flexibility index (Phi) is 4.19. The summed E-state index contributed by atoms with van der Waals surface area (Å²) in [6, 6.07) is 7.35. The lowest BCUT2D eigenvalue weighted by Crippen LogP contribution is -2.21. The molecule has 4 heterocycles. The minimum absolute atomic E-state index is 0.243. The lowest BCUT2D eigenvalue weighted by molar-refractivity contribution is -0.116. The third-order valence-corrected chi connectivity index (χ3v) is 4.69. The molecule has 0 unspecified atom stereocenters. The van der Waals surface area contributed by atoms with Gasteiger partial charge in [0, 0.05) is 23.8 Å². The summed E-state index contributed by atoms with van der Waals surface area (Å²) in [5, 5.41) is 15.2. The van der Waals surface area contributed by atoms with Gasteiger partial charge in [0.05, 0.1) is 6.54 Å². The van der Waals surface area contributed by atoms with Crippen LogP contribution < -0.4 is 5.32 Å². The molecular weight excluding hydrogens is 372 g/mol. The number of rotatable bonds is 6. The van der Waals surface area contributed by atoms with Gasteiger partial charge >= 0.3 is 0 Å². The predicted octanol–water partition coefficient (Wildman–Crippen LogP) is 2.89. The van der Waals surface area contributed by atoms with E-state index in [1.54, 1.807) is 12.1 Å². The molecule has 9 heteroatoms. The van der Waals surface area contributed by atoms with E-state index in [0.29, 0.717) is 29.0 Å². The minimum Gasteiger partial charge on any atom is -0.462 e. The van der Waals surface area contributed by atoms with E-state index in [-0.39, 0.29) is 12.5 Å². The summed E-state index contributed by atoms with van der Waals surface area (Å²) in [6.45, 7) is 2.09. The van der Waals surface area contributed by atoms with Crippen molar-refractivity contribution in [3.63, 3.8) is 0 Å². The molecule has 0 aromatic carbocycles. The number of nitrogens with zero attached hydrogens (tertiary/aromatic N) is 5. The van der Waals surface area contributed by atoms with Crippen LogP contribution in [0.1, 0.15) is 41.9 Å². The fraction of sp³-hybridized carbons (Fsp3) is 0.250. The van der Waals surface area contributed by atoms with Crippen LogP contribution in [-0.2, 0) is 11.3 Å². The maximum absolute atomic E-state index is 12.0. The molecule has 9 nitrogen and oxygen atoms in total. The van der Waals surface area contributed by atoms with E-state index >= 15 is 0 Å². The van der Waals surface area contributed by atoms with Crippen LogP contribution in [0.2, 0.25) is 0 Å². The number of nitrogens with one attached hydrogen (secondary N) is 1. The van der Waals surface area contributed by atoms with Crippen LogP contribution in [0.4, 0.5) is 0 Å². The quantitative estimate of drug-likeness (QED) is 0.504. The topological polar surface area (TPSA) is 111 Å². The molecule has 0 aliphatic heterocycles. The van der Waals surface area contributed by atoms with E-state index < -0.39 is 0 Å². The molecule has 5 rings (SSSR count). The Bertz CT molecular complexity index is 1210. The molecule has 0 radical (unpaired) electrons. The molecule has 1 fully saturated rings. The molecule has 1 saturated carbocycles. The summed E-state index contributed by atoms with van der Waals surface area (Å²) in [4.78, 5) is 16.5. The predicted molar refractivity (Wildman–Crippen MR) is 103 cm³/mol. The zero-order valence-corrected chi connectivity index (χ0v) is 15.7. The Balaban J connectivity index is 1.27. The van der Waals surface area contributed by atoms with Gasteiger partial charge in [-0.3, -0.25) is 9.20 Å². The summed E-state index contributed by atoms with van der Waals surface area (Å²) in [7, 11) is 0. The van der Waals surface area contributed by atoms with Crippen LogP contribution in [0.3, 0.4) is 0 Å². The summed E-state index contributed by atoms with van der Waals surface area (Å²) in [5.74, 6) is 3.48. The highest BCUT2D eigenvalue weighted by molar-refractivity contribution is 5.91. The summed E-state index contributed by atoms with van der Waals surface area (Å²) < 4.78 is 12.6. The second-order valence-corrected chi connectivity index (χ2v) is 6.99. The first-order valence-electron chi connectivity index (χ1n) is 9.36. The number of carbonyl (C=O) groups excluding carboxylic acids is 1. The number of carbonyl (C=O) groups is 1. The number of fused-ring (bicyclic) bond motifs is 1. The molecule has 1 aliphatic carbocycles. The molecule has 0 spiro atoms. The van der Waals surface area contributed by atoms with Crippen molar-refractivity contribution in [1.29, 1.82) is 0 Å². The number of hydrogen-bond donors (Lipinski definition) is 1. The highest BCUT2D eigenvalue weighted by atomic mass is 16.5. The molecule has 1 aliphatic rings. The number of amides is 1. The average molecular weight is 390 g/mol. The van der Waals surface area contributed by atoms with Crippen LogP contribution in [0.5, 0.6) is 0 Å². The van der Waals surface area contributed by atoms with Crippen molar-refractivity contribution in [2.24, 2.45) is 0 Å². The molecule has 29 heavy (non-hydrogen) atoms. The van der Waals surface area contributed by atoms with Crippen LogP contribution in [-0.4, -0.2) is 30.6 Å². The molecule has 0 bridgehead atoms. The fourth-order valence-electron chi connectivity index (χ4n) is 2.98. The zero-order valence-electron chi connectivity index (χ0n) is 15.7. The Morgan fingerprint density at radius 2 is 2.21 bits per heavy atom. The molecular formula is C20H18N6O3. The van der Waals surface area contributed by atoms with Gasteiger partial charge < -0.3 is 14.3 Å². The van der Waals surface area contributed by atoms with Gasteiger partial charge in [-0.15, -0.1) is 10.2 Å². The average Bonchev–Trinajstić information content (AvgIpc) is 3.14. The molecule has 0 atom stereocenters. The van der Waals surface area contributed by atoms with Crippen LogP contribution in [0.25, 0.3) is 23.2 Å². The van der Waals surface area contributed by atoms with Gasteiger partial charge in [-0.25, -0.2) is 0 Å². The minimum atomic E-state index is -0.245. The highest BCUT2D eigenvalue weighted by Gasteiger charge is 2.29. The van der Waals surface area contributed by atoms with Crippen LogP contribution in [0.15, 0.2) is 45.5 Å². The first-order chi connectivity index (χ1) is 14.2. The van der Waals surface area contributed by atoms with Crippen LogP contribution >= 0.6 is 0 Å². The number of aryl methyl sites for hydroxylation is 1. The van der Waals surface area contributed by atoms with E-state index in [1.807, 2.05) is 35.7 Å². The van der Waals surface area contributed by atoms with E-state index in [4.69, 9.17) is 8.94 Å². The highest BCUT2D eigenvalue weighted by Crippen LogP contribution is 2.38. The van der Waals surface area contributed by atoms with Gasteiger partial charge in [0.25, 0.3) is 5.89 Å². The van der Waals surface area contributed by atoms with Crippen molar-refractivity contribution in [3.8, 4) is 11.5 Å². The smallest absolute Gasteiger partial charge is 0.258 e. The van der Waals surface area contributed by atoms with Crippen molar-refractivity contribution >= 4 is 17.6 Å². The molecule has 4 aromatic rings. The number of hydrogen-bond acceptors (Lipinski definition) is 7. The van der Waals surface area contributed by atoms with Gasteiger partial charge in [0.2, 0.25) is 5.91 Å². The van der Waals surface area contributed by atoms with E-state index in [9.17, 15) is 4.79 Å². The van der Waals surface area contributed by atoms with Crippen molar-refractivity contribution < 1.29 is 13.7 Å². The standard InChI is InChI=1S/C20H18N6O3/c1-12-2-5-15(28-12)6-7-18(27)21-11-17-24-23-16-10-14(8-9-26(16)17)20-22-19(25-29-20)13-3-4-13/h2,5-10,13H,3-4,11H2,1H3,(H,21,27)/b7-6+. The van der Waals surface area contributed by atoms with Gasteiger partial charge in [-0.05, 0) is 50.1 Å². The van der Waals surface area contributed by atoms with E-state index in [0.717, 1.165) is 30.0 Å². The van der Waals surface area contributed by atoms with Crippen LogP contribution in [0, 0.1) is 6.92 Å². The Hall–Kier alpha value is -3.75.